The van der Waals surface area contributed by atoms with Crippen LogP contribution in [0.3, 0.4) is 0 Å². The molecule has 1 aromatic heterocycles. The monoisotopic (exact) mass is 287 g/mol. The molecule has 0 bridgehead atoms. The highest BCUT2D eigenvalue weighted by molar-refractivity contribution is 7.88. The zero-order valence-electron chi connectivity index (χ0n) is 10.9. The number of aromatic amines is 1. The van der Waals surface area contributed by atoms with Gasteiger partial charge in [0.2, 0.25) is 21.9 Å². The number of amides is 1. The summed E-state index contributed by atoms with van der Waals surface area (Å²) < 4.78 is 24.3. The molecule has 1 amide bonds. The molecule has 19 heavy (non-hydrogen) atoms. The number of anilines is 1. The van der Waals surface area contributed by atoms with Gasteiger partial charge in [-0.3, -0.25) is 15.2 Å². The van der Waals surface area contributed by atoms with Gasteiger partial charge in [-0.2, -0.15) is 4.98 Å². The Hall–Kier alpha value is -1.48. The van der Waals surface area contributed by atoms with Crippen LogP contribution < -0.4 is 5.32 Å². The molecular formula is C10H17N5O3S. The number of aromatic nitrogens is 3. The number of nitrogens with one attached hydrogen (secondary N) is 2. The van der Waals surface area contributed by atoms with Gasteiger partial charge in [-0.15, -0.1) is 5.10 Å². The lowest BCUT2D eigenvalue weighted by molar-refractivity contribution is -0.120. The second-order valence-electron chi connectivity index (χ2n) is 4.69. The largest absolute Gasteiger partial charge is 0.293 e. The van der Waals surface area contributed by atoms with Gasteiger partial charge in [0, 0.05) is 13.1 Å². The van der Waals surface area contributed by atoms with Crippen molar-refractivity contribution < 1.29 is 13.2 Å². The Morgan fingerprint density at radius 1 is 1.53 bits per heavy atom. The zero-order valence-corrected chi connectivity index (χ0v) is 11.7. The van der Waals surface area contributed by atoms with Crippen LogP contribution in [-0.4, -0.2) is 53.2 Å². The maximum atomic E-state index is 12.0. The summed E-state index contributed by atoms with van der Waals surface area (Å²) in [7, 11) is -3.25. The van der Waals surface area contributed by atoms with Gasteiger partial charge in [-0.1, -0.05) is 0 Å². The first kappa shape index (κ1) is 13.9. The van der Waals surface area contributed by atoms with Crippen molar-refractivity contribution in [3.63, 3.8) is 0 Å². The minimum Gasteiger partial charge on any atom is -0.293 e. The molecule has 1 saturated heterocycles. The van der Waals surface area contributed by atoms with Gasteiger partial charge in [-0.05, 0) is 19.8 Å². The van der Waals surface area contributed by atoms with Crippen molar-refractivity contribution in [3.8, 4) is 0 Å². The van der Waals surface area contributed by atoms with E-state index in [0.717, 1.165) is 6.26 Å². The summed E-state index contributed by atoms with van der Waals surface area (Å²) in [6.07, 6.45) is 2.51. The Kier molecular flexibility index (Phi) is 3.85. The molecule has 9 heteroatoms. The highest BCUT2D eigenvalue weighted by atomic mass is 32.2. The Morgan fingerprint density at radius 3 is 2.84 bits per heavy atom. The average Bonchev–Trinajstić information content (AvgIpc) is 2.74. The summed E-state index contributed by atoms with van der Waals surface area (Å²) in [5.74, 6) is 0.227. The lowest BCUT2D eigenvalue weighted by atomic mass is 9.99. The first-order chi connectivity index (χ1) is 8.86. The van der Waals surface area contributed by atoms with Crippen LogP contribution in [0.25, 0.3) is 0 Å². The fraction of sp³-hybridized carbons (Fsp3) is 0.700. The number of piperidine rings is 1. The number of sulfonamides is 1. The molecule has 1 fully saturated rings. The number of rotatable bonds is 3. The van der Waals surface area contributed by atoms with Crippen LogP contribution in [0.5, 0.6) is 0 Å². The van der Waals surface area contributed by atoms with E-state index in [2.05, 4.69) is 20.5 Å². The molecule has 2 rings (SSSR count). The van der Waals surface area contributed by atoms with Crippen molar-refractivity contribution in [1.29, 1.82) is 0 Å². The van der Waals surface area contributed by atoms with Crippen molar-refractivity contribution in [2.45, 2.75) is 19.8 Å². The maximum absolute atomic E-state index is 12.0. The second kappa shape index (κ2) is 5.25. The van der Waals surface area contributed by atoms with Crippen LogP contribution in [0, 0.1) is 12.8 Å². The molecule has 1 aromatic rings. The molecule has 0 saturated carbocycles. The minimum absolute atomic E-state index is 0.216. The van der Waals surface area contributed by atoms with E-state index < -0.39 is 10.0 Å². The molecule has 0 aromatic carbocycles. The van der Waals surface area contributed by atoms with E-state index in [0.29, 0.717) is 25.2 Å². The van der Waals surface area contributed by atoms with Gasteiger partial charge < -0.3 is 0 Å². The maximum Gasteiger partial charge on any atom is 0.248 e. The third-order valence-corrected chi connectivity index (χ3v) is 4.33. The molecule has 1 aliphatic rings. The van der Waals surface area contributed by atoms with Crippen LogP contribution in [-0.2, 0) is 14.8 Å². The number of nitrogens with zero attached hydrogens (tertiary/aromatic N) is 3. The molecule has 0 radical (unpaired) electrons. The van der Waals surface area contributed by atoms with Crippen molar-refractivity contribution >= 4 is 21.9 Å². The number of carbonyl (C=O) groups excluding carboxylic acids is 1. The minimum atomic E-state index is -3.25. The van der Waals surface area contributed by atoms with Gasteiger partial charge in [0.25, 0.3) is 0 Å². The van der Waals surface area contributed by atoms with Gasteiger partial charge in [0.15, 0.2) is 0 Å². The summed E-state index contributed by atoms with van der Waals surface area (Å²) in [5.41, 5.74) is 0. The fourth-order valence-electron chi connectivity index (χ4n) is 2.07. The van der Waals surface area contributed by atoms with Crippen molar-refractivity contribution in [1.82, 2.24) is 19.5 Å². The molecule has 0 aliphatic carbocycles. The highest BCUT2D eigenvalue weighted by Crippen LogP contribution is 2.19. The average molecular weight is 287 g/mol. The third-order valence-electron chi connectivity index (χ3n) is 3.06. The summed E-state index contributed by atoms with van der Waals surface area (Å²) in [6, 6.07) is 0. The Morgan fingerprint density at radius 2 is 2.26 bits per heavy atom. The van der Waals surface area contributed by atoms with E-state index in [-0.39, 0.29) is 24.3 Å². The van der Waals surface area contributed by atoms with E-state index in [1.807, 2.05) is 0 Å². The highest BCUT2D eigenvalue weighted by Gasteiger charge is 2.30. The predicted molar refractivity (Wildman–Crippen MR) is 68.9 cm³/mol. The zero-order chi connectivity index (χ0) is 14.0. The van der Waals surface area contributed by atoms with E-state index in [1.54, 1.807) is 6.92 Å². The molecule has 2 N–H and O–H groups in total. The third kappa shape index (κ3) is 3.51. The smallest absolute Gasteiger partial charge is 0.248 e. The molecule has 1 atom stereocenters. The molecule has 106 valence electrons. The van der Waals surface area contributed by atoms with E-state index in [4.69, 9.17) is 0 Å². The number of hydrogen-bond donors (Lipinski definition) is 2. The molecular weight excluding hydrogens is 270 g/mol. The Balaban J connectivity index is 1.99. The summed E-state index contributed by atoms with van der Waals surface area (Å²) in [6.45, 7) is 2.42. The predicted octanol–water partition coefficient (Wildman–Crippen LogP) is -0.277. The topological polar surface area (TPSA) is 108 Å². The van der Waals surface area contributed by atoms with Crippen molar-refractivity contribution in [2.24, 2.45) is 5.92 Å². The SMILES string of the molecule is Cc1nc(NC(=O)C2CCCN(S(C)(=O)=O)C2)n[nH]1. The van der Waals surface area contributed by atoms with Crippen LogP contribution in [0.15, 0.2) is 0 Å². The molecule has 1 aliphatic heterocycles. The van der Waals surface area contributed by atoms with Gasteiger partial charge in [-0.25, -0.2) is 12.7 Å². The summed E-state index contributed by atoms with van der Waals surface area (Å²) in [4.78, 5) is 16.0. The number of aryl methyl sites for hydroxylation is 1. The van der Waals surface area contributed by atoms with Crippen LogP contribution in [0.2, 0.25) is 0 Å². The second-order valence-corrected chi connectivity index (χ2v) is 6.68. The molecule has 1 unspecified atom stereocenters. The van der Waals surface area contributed by atoms with Crippen LogP contribution >= 0.6 is 0 Å². The normalized spacial score (nSPS) is 21.3. The number of carbonyl (C=O) groups is 1. The number of hydrogen-bond acceptors (Lipinski definition) is 5. The standard InChI is InChI=1S/C10H17N5O3S/c1-7-11-10(14-13-7)12-9(16)8-4-3-5-15(6-8)19(2,17)18/h8H,3-6H2,1-2H3,(H2,11,12,13,14,16). The fourth-order valence-corrected chi connectivity index (χ4v) is 2.98. The lowest BCUT2D eigenvalue weighted by Crippen LogP contribution is -2.43. The van der Waals surface area contributed by atoms with Gasteiger partial charge in [0.1, 0.15) is 5.82 Å². The van der Waals surface area contributed by atoms with Crippen molar-refractivity contribution in [2.75, 3.05) is 24.7 Å². The van der Waals surface area contributed by atoms with E-state index in [9.17, 15) is 13.2 Å². The molecule has 8 nitrogen and oxygen atoms in total. The lowest BCUT2D eigenvalue weighted by Gasteiger charge is -2.29. The first-order valence-corrected chi connectivity index (χ1v) is 7.86. The molecule has 2 heterocycles. The van der Waals surface area contributed by atoms with E-state index >= 15 is 0 Å². The van der Waals surface area contributed by atoms with Crippen LogP contribution in [0.1, 0.15) is 18.7 Å². The molecule has 0 spiro atoms. The summed E-state index contributed by atoms with van der Waals surface area (Å²) >= 11 is 0. The summed E-state index contributed by atoms with van der Waals surface area (Å²) in [5, 5.41) is 9.04. The first-order valence-electron chi connectivity index (χ1n) is 6.01. The quantitative estimate of drug-likeness (QED) is 0.795. The Bertz CT molecular complexity index is 567. The van der Waals surface area contributed by atoms with Crippen LogP contribution in [0.4, 0.5) is 5.95 Å². The van der Waals surface area contributed by atoms with Gasteiger partial charge in [0.05, 0.1) is 12.2 Å². The Labute approximate surface area is 111 Å². The van der Waals surface area contributed by atoms with E-state index in [1.165, 1.54) is 4.31 Å². The van der Waals surface area contributed by atoms with Crippen molar-refractivity contribution in [3.05, 3.63) is 5.82 Å². The van der Waals surface area contributed by atoms with Gasteiger partial charge >= 0.3 is 0 Å². The number of H-pyrrole nitrogens is 1.